The van der Waals surface area contributed by atoms with Gasteiger partial charge in [-0.2, -0.15) is 0 Å². The first-order chi connectivity index (χ1) is 17.5. The summed E-state index contributed by atoms with van der Waals surface area (Å²) >= 11 is 1.68. The van der Waals surface area contributed by atoms with E-state index in [2.05, 4.69) is 81.4 Å². The summed E-state index contributed by atoms with van der Waals surface area (Å²) < 4.78 is 7.29. The van der Waals surface area contributed by atoms with Crippen LogP contribution < -0.4 is 0 Å². The Balaban J connectivity index is 1.40. The number of aliphatic imine (C=N–C) groups is 1. The molecule has 36 heavy (non-hydrogen) atoms. The summed E-state index contributed by atoms with van der Waals surface area (Å²) in [6, 6.07) is 33.2. The molecule has 4 heteroatoms. The lowest BCUT2D eigenvalue weighted by Crippen LogP contribution is -2.11. The van der Waals surface area contributed by atoms with Crippen LogP contribution in [0.4, 0.5) is 5.69 Å². The fourth-order valence-electron chi connectivity index (χ4n) is 4.37. The molecule has 0 unspecified atom stereocenters. The Morgan fingerprint density at radius 3 is 2.44 bits per heavy atom. The largest absolute Gasteiger partial charge is 0.456 e. The highest BCUT2D eigenvalue weighted by Crippen LogP contribution is 2.40. The third-order valence-corrected chi connectivity index (χ3v) is 7.40. The van der Waals surface area contributed by atoms with Crippen molar-refractivity contribution in [2.24, 2.45) is 4.99 Å². The maximum absolute atomic E-state index is 6.16. The van der Waals surface area contributed by atoms with Crippen LogP contribution in [-0.4, -0.2) is 11.2 Å². The SMILES string of the molecule is CC(C)(C)c1cccc(C=Nc2ccccc2-c2nc3c(-c4cc5ccccc5o4)cccc3s2)c1. The van der Waals surface area contributed by atoms with E-state index in [4.69, 9.17) is 14.4 Å². The Morgan fingerprint density at radius 2 is 1.58 bits per heavy atom. The summed E-state index contributed by atoms with van der Waals surface area (Å²) in [6.45, 7) is 6.68. The Hall–Kier alpha value is -4.02. The van der Waals surface area contributed by atoms with Crippen LogP contribution in [0.5, 0.6) is 0 Å². The highest BCUT2D eigenvalue weighted by Gasteiger charge is 2.16. The first-order valence-corrected chi connectivity index (χ1v) is 12.9. The van der Waals surface area contributed by atoms with Crippen LogP contribution in [0.25, 0.3) is 43.1 Å². The molecule has 6 aromatic rings. The molecule has 2 heterocycles. The Morgan fingerprint density at radius 1 is 0.806 bits per heavy atom. The number of hydrogen-bond acceptors (Lipinski definition) is 4. The molecular formula is C32H26N2OS. The standard InChI is InChI=1S/C32H26N2OS/c1-32(2,3)23-12-8-10-21(18-23)20-33-26-15-6-5-13-24(26)31-34-30-25(14-9-17-29(30)36-31)28-19-22-11-4-7-16-27(22)35-28/h4-20H,1-3H3. The van der Waals surface area contributed by atoms with Crippen molar-refractivity contribution in [3.05, 3.63) is 108 Å². The van der Waals surface area contributed by atoms with Crippen molar-refractivity contribution in [3.63, 3.8) is 0 Å². The normalized spacial score (nSPS) is 12.2. The van der Waals surface area contributed by atoms with Gasteiger partial charge in [0.25, 0.3) is 0 Å². The first-order valence-electron chi connectivity index (χ1n) is 12.1. The summed E-state index contributed by atoms with van der Waals surface area (Å²) in [5.74, 6) is 0.837. The van der Waals surface area contributed by atoms with Crippen molar-refractivity contribution < 1.29 is 4.42 Å². The van der Waals surface area contributed by atoms with E-state index in [1.54, 1.807) is 11.3 Å². The van der Waals surface area contributed by atoms with E-state index < -0.39 is 0 Å². The van der Waals surface area contributed by atoms with Gasteiger partial charge in [0.1, 0.15) is 16.4 Å². The average molecular weight is 487 g/mol. The molecule has 0 radical (unpaired) electrons. The van der Waals surface area contributed by atoms with Crippen molar-refractivity contribution >= 4 is 44.4 Å². The highest BCUT2D eigenvalue weighted by atomic mass is 32.1. The second-order valence-corrected chi connectivity index (χ2v) is 11.0. The van der Waals surface area contributed by atoms with E-state index in [1.807, 2.05) is 42.6 Å². The van der Waals surface area contributed by atoms with Crippen LogP contribution in [0.1, 0.15) is 31.9 Å². The number of benzene rings is 4. The average Bonchev–Trinajstić information content (AvgIpc) is 3.51. The van der Waals surface area contributed by atoms with Crippen LogP contribution in [0, 0.1) is 0 Å². The molecule has 0 aliphatic rings. The van der Waals surface area contributed by atoms with E-state index in [9.17, 15) is 0 Å². The molecule has 0 fully saturated rings. The Bertz CT molecular complexity index is 1700. The van der Waals surface area contributed by atoms with E-state index in [-0.39, 0.29) is 5.41 Å². The predicted molar refractivity (Wildman–Crippen MR) is 153 cm³/mol. The molecule has 3 nitrogen and oxygen atoms in total. The molecule has 0 saturated heterocycles. The highest BCUT2D eigenvalue weighted by molar-refractivity contribution is 7.21. The summed E-state index contributed by atoms with van der Waals surface area (Å²) in [6.07, 6.45) is 1.95. The van der Waals surface area contributed by atoms with E-state index >= 15 is 0 Å². The maximum Gasteiger partial charge on any atom is 0.137 e. The fraction of sp³-hybridized carbons (Fsp3) is 0.125. The zero-order chi connectivity index (χ0) is 24.7. The number of furan rings is 1. The molecule has 0 spiro atoms. The second kappa shape index (κ2) is 8.89. The van der Waals surface area contributed by atoms with Gasteiger partial charge >= 0.3 is 0 Å². The minimum Gasteiger partial charge on any atom is -0.456 e. The molecule has 2 aromatic heterocycles. The Kier molecular flexibility index (Phi) is 5.54. The van der Waals surface area contributed by atoms with Gasteiger partial charge < -0.3 is 4.42 Å². The van der Waals surface area contributed by atoms with Gasteiger partial charge in [-0.15, -0.1) is 11.3 Å². The van der Waals surface area contributed by atoms with E-state index in [1.165, 1.54) is 5.56 Å². The fourth-order valence-corrected chi connectivity index (χ4v) is 5.40. The lowest BCUT2D eigenvalue weighted by Gasteiger charge is -2.19. The van der Waals surface area contributed by atoms with Gasteiger partial charge in [0.05, 0.1) is 15.9 Å². The molecule has 4 aromatic carbocycles. The third-order valence-electron chi connectivity index (χ3n) is 6.35. The molecule has 0 atom stereocenters. The van der Waals surface area contributed by atoms with Crippen molar-refractivity contribution in [2.45, 2.75) is 26.2 Å². The minimum atomic E-state index is 0.0975. The summed E-state index contributed by atoms with van der Waals surface area (Å²) in [4.78, 5) is 9.95. The molecular weight excluding hydrogens is 460 g/mol. The Labute approximate surface area is 214 Å². The maximum atomic E-state index is 6.16. The molecule has 0 N–H and O–H groups in total. The van der Waals surface area contributed by atoms with Gasteiger partial charge in [-0.25, -0.2) is 4.98 Å². The third kappa shape index (κ3) is 4.25. The van der Waals surface area contributed by atoms with Gasteiger partial charge in [0, 0.05) is 22.7 Å². The number of para-hydroxylation sites is 3. The molecule has 6 rings (SSSR count). The zero-order valence-corrected chi connectivity index (χ0v) is 21.3. The minimum absolute atomic E-state index is 0.0975. The number of hydrogen-bond donors (Lipinski definition) is 0. The van der Waals surface area contributed by atoms with Crippen LogP contribution in [-0.2, 0) is 5.41 Å². The lowest BCUT2D eigenvalue weighted by molar-refractivity contribution is 0.590. The topological polar surface area (TPSA) is 38.4 Å². The number of aromatic nitrogens is 1. The van der Waals surface area contributed by atoms with E-state index in [0.29, 0.717) is 0 Å². The summed E-state index contributed by atoms with van der Waals surface area (Å²) in [7, 11) is 0. The quantitative estimate of drug-likeness (QED) is 0.233. The van der Waals surface area contributed by atoms with Gasteiger partial charge in [-0.05, 0) is 59.0 Å². The second-order valence-electron chi connectivity index (χ2n) is 9.97. The van der Waals surface area contributed by atoms with E-state index in [0.717, 1.165) is 54.3 Å². The number of nitrogens with zero attached hydrogens (tertiary/aromatic N) is 2. The smallest absolute Gasteiger partial charge is 0.137 e. The predicted octanol–water partition coefficient (Wildman–Crippen LogP) is 9.42. The summed E-state index contributed by atoms with van der Waals surface area (Å²) in [5, 5.41) is 2.04. The zero-order valence-electron chi connectivity index (χ0n) is 20.5. The van der Waals surface area contributed by atoms with Crippen molar-refractivity contribution in [2.75, 3.05) is 0 Å². The van der Waals surface area contributed by atoms with Gasteiger partial charge in [0.2, 0.25) is 0 Å². The van der Waals surface area contributed by atoms with Gasteiger partial charge in [0.15, 0.2) is 0 Å². The van der Waals surface area contributed by atoms with Crippen LogP contribution in [0.2, 0.25) is 0 Å². The van der Waals surface area contributed by atoms with Crippen molar-refractivity contribution in [3.8, 4) is 21.9 Å². The van der Waals surface area contributed by atoms with Crippen LogP contribution >= 0.6 is 11.3 Å². The number of thiazole rings is 1. The van der Waals surface area contributed by atoms with Crippen molar-refractivity contribution in [1.82, 2.24) is 4.98 Å². The van der Waals surface area contributed by atoms with Gasteiger partial charge in [-0.3, -0.25) is 4.99 Å². The molecule has 0 saturated carbocycles. The first kappa shape index (κ1) is 22.4. The van der Waals surface area contributed by atoms with Crippen LogP contribution in [0.3, 0.4) is 0 Å². The number of fused-ring (bicyclic) bond motifs is 2. The lowest BCUT2D eigenvalue weighted by atomic mass is 9.86. The molecule has 0 aliphatic heterocycles. The molecule has 0 bridgehead atoms. The monoisotopic (exact) mass is 486 g/mol. The van der Waals surface area contributed by atoms with Crippen molar-refractivity contribution in [1.29, 1.82) is 0 Å². The molecule has 176 valence electrons. The van der Waals surface area contributed by atoms with Crippen LogP contribution in [0.15, 0.2) is 106 Å². The summed E-state index contributed by atoms with van der Waals surface area (Å²) in [5.41, 5.74) is 7.26. The molecule has 0 aliphatic carbocycles. The number of rotatable bonds is 4. The molecule has 0 amide bonds. The van der Waals surface area contributed by atoms with Gasteiger partial charge in [-0.1, -0.05) is 75.4 Å².